The molecule has 0 saturated carbocycles. The maximum absolute atomic E-state index is 13.9. The van der Waals surface area contributed by atoms with E-state index in [2.05, 4.69) is 10.4 Å². The molecule has 2 rings (SSSR count). The predicted molar refractivity (Wildman–Crippen MR) is 97.3 cm³/mol. The van der Waals surface area contributed by atoms with Crippen LogP contribution < -0.4 is 10.9 Å². The van der Waals surface area contributed by atoms with Gasteiger partial charge in [-0.3, -0.25) is 9.59 Å². The second-order valence-electron chi connectivity index (χ2n) is 6.47. The normalized spacial score (nSPS) is 11.9. The lowest BCUT2D eigenvalue weighted by Gasteiger charge is -2.18. The molecule has 1 aromatic heterocycles. The lowest BCUT2D eigenvalue weighted by molar-refractivity contribution is -0.145. The van der Waals surface area contributed by atoms with Crippen molar-refractivity contribution < 1.29 is 18.7 Å². The van der Waals surface area contributed by atoms with Crippen LogP contribution in [0, 0.1) is 11.7 Å². The summed E-state index contributed by atoms with van der Waals surface area (Å²) < 4.78 is 19.6. The van der Waals surface area contributed by atoms with Crippen LogP contribution in [-0.4, -0.2) is 34.8 Å². The molecular weight excluding hydrogens is 353 g/mol. The third-order valence-electron chi connectivity index (χ3n) is 3.84. The summed E-state index contributed by atoms with van der Waals surface area (Å²) in [6, 6.07) is 7.81. The Bertz CT molecular complexity index is 879. The van der Waals surface area contributed by atoms with Gasteiger partial charge in [0.15, 0.2) is 0 Å². The first-order chi connectivity index (χ1) is 12.8. The molecule has 1 aromatic carbocycles. The van der Waals surface area contributed by atoms with E-state index in [4.69, 9.17) is 4.74 Å². The first-order valence-corrected chi connectivity index (χ1v) is 8.52. The average molecular weight is 375 g/mol. The average Bonchev–Trinajstić information content (AvgIpc) is 2.62. The Morgan fingerprint density at radius 1 is 1.22 bits per heavy atom. The van der Waals surface area contributed by atoms with Crippen molar-refractivity contribution in [3.63, 3.8) is 0 Å². The second-order valence-corrected chi connectivity index (χ2v) is 6.47. The number of hydrogen-bond acceptors (Lipinski definition) is 5. The Balaban J connectivity index is 2.20. The fourth-order valence-electron chi connectivity index (χ4n) is 2.58. The molecule has 0 aliphatic heterocycles. The van der Waals surface area contributed by atoms with Gasteiger partial charge in [0.25, 0.3) is 5.56 Å². The molecule has 1 heterocycles. The van der Waals surface area contributed by atoms with Gasteiger partial charge in [0.2, 0.25) is 5.91 Å². The summed E-state index contributed by atoms with van der Waals surface area (Å²) in [5, 5.41) is 6.62. The molecule has 0 unspecified atom stereocenters. The van der Waals surface area contributed by atoms with E-state index in [1.165, 1.54) is 31.4 Å². The minimum absolute atomic E-state index is 0.152. The quantitative estimate of drug-likeness (QED) is 0.745. The Morgan fingerprint density at radius 3 is 2.56 bits per heavy atom. The van der Waals surface area contributed by atoms with Crippen LogP contribution in [0.25, 0.3) is 11.3 Å². The number of aromatic nitrogens is 2. The maximum Gasteiger partial charge on any atom is 0.328 e. The molecule has 0 saturated heterocycles. The van der Waals surface area contributed by atoms with Crippen LogP contribution in [0.5, 0.6) is 0 Å². The zero-order valence-corrected chi connectivity index (χ0v) is 15.4. The minimum Gasteiger partial charge on any atom is -0.467 e. The number of hydrogen-bond donors (Lipinski definition) is 1. The summed E-state index contributed by atoms with van der Waals surface area (Å²) in [5.41, 5.74) is -0.0604. The summed E-state index contributed by atoms with van der Waals surface area (Å²) in [6.07, 6.45) is 0.399. The van der Waals surface area contributed by atoms with Gasteiger partial charge in [-0.2, -0.15) is 5.10 Å². The first kappa shape index (κ1) is 20.3. The third kappa shape index (κ3) is 5.47. The van der Waals surface area contributed by atoms with Crippen molar-refractivity contribution in [2.24, 2.45) is 5.92 Å². The lowest BCUT2D eigenvalue weighted by atomic mass is 10.0. The number of halogens is 1. The van der Waals surface area contributed by atoms with Gasteiger partial charge in [-0.15, -0.1) is 0 Å². The summed E-state index contributed by atoms with van der Waals surface area (Å²) in [7, 11) is 1.24. The zero-order valence-electron chi connectivity index (χ0n) is 15.4. The number of rotatable bonds is 7. The number of amides is 1. The summed E-state index contributed by atoms with van der Waals surface area (Å²) >= 11 is 0. The Kier molecular flexibility index (Phi) is 6.81. The summed E-state index contributed by atoms with van der Waals surface area (Å²) in [4.78, 5) is 36.1. The van der Waals surface area contributed by atoms with E-state index in [1.54, 1.807) is 12.1 Å². The lowest BCUT2D eigenvalue weighted by Crippen LogP contribution is -2.44. The topological polar surface area (TPSA) is 90.3 Å². The smallest absolute Gasteiger partial charge is 0.328 e. The van der Waals surface area contributed by atoms with Gasteiger partial charge in [0, 0.05) is 11.6 Å². The molecule has 0 fully saturated rings. The van der Waals surface area contributed by atoms with Crippen molar-refractivity contribution in [3.8, 4) is 11.3 Å². The van der Waals surface area contributed by atoms with E-state index < -0.39 is 35.8 Å². The maximum atomic E-state index is 13.9. The van der Waals surface area contributed by atoms with Crippen molar-refractivity contribution >= 4 is 11.9 Å². The number of nitrogens with zero attached hydrogens (tertiary/aromatic N) is 2. The second kappa shape index (κ2) is 9.07. The Hall–Kier alpha value is -3.03. The van der Waals surface area contributed by atoms with E-state index in [0.717, 1.165) is 4.68 Å². The molecule has 2 aromatic rings. The molecule has 0 radical (unpaired) electrons. The molecule has 1 N–H and O–H groups in total. The highest BCUT2D eigenvalue weighted by Crippen LogP contribution is 2.18. The molecule has 0 spiro atoms. The van der Waals surface area contributed by atoms with Crippen LogP contribution in [0.2, 0.25) is 0 Å². The van der Waals surface area contributed by atoms with Gasteiger partial charge in [0.1, 0.15) is 18.4 Å². The molecule has 0 aliphatic carbocycles. The fourth-order valence-corrected chi connectivity index (χ4v) is 2.58. The summed E-state index contributed by atoms with van der Waals surface area (Å²) in [5.74, 6) is -1.45. The number of esters is 1. The summed E-state index contributed by atoms with van der Waals surface area (Å²) in [6.45, 7) is 3.42. The van der Waals surface area contributed by atoms with E-state index in [0.29, 0.717) is 6.42 Å². The fraction of sp³-hybridized carbons (Fsp3) is 0.368. The van der Waals surface area contributed by atoms with Gasteiger partial charge in [-0.25, -0.2) is 13.9 Å². The van der Waals surface area contributed by atoms with E-state index >= 15 is 0 Å². The minimum atomic E-state index is -0.812. The molecule has 144 valence electrons. The monoisotopic (exact) mass is 375 g/mol. The molecule has 0 bridgehead atoms. The zero-order chi connectivity index (χ0) is 20.0. The van der Waals surface area contributed by atoms with Gasteiger partial charge < -0.3 is 10.1 Å². The Labute approximate surface area is 156 Å². The van der Waals surface area contributed by atoms with E-state index in [9.17, 15) is 18.8 Å². The van der Waals surface area contributed by atoms with Crippen molar-refractivity contribution in [2.75, 3.05) is 7.11 Å². The van der Waals surface area contributed by atoms with Crippen LogP contribution in [0.3, 0.4) is 0 Å². The van der Waals surface area contributed by atoms with Crippen LogP contribution in [0.4, 0.5) is 4.39 Å². The highest BCUT2D eigenvalue weighted by molar-refractivity contribution is 5.84. The highest BCUT2D eigenvalue weighted by atomic mass is 19.1. The number of nitrogens with one attached hydrogen (secondary N) is 1. The van der Waals surface area contributed by atoms with Crippen molar-refractivity contribution in [3.05, 3.63) is 52.6 Å². The largest absolute Gasteiger partial charge is 0.467 e. The number of benzene rings is 1. The number of carbonyl (C=O) groups is 2. The van der Waals surface area contributed by atoms with Gasteiger partial charge in [0.05, 0.1) is 12.8 Å². The number of methoxy groups -OCH3 is 1. The molecule has 1 amide bonds. The third-order valence-corrected chi connectivity index (χ3v) is 3.84. The molecule has 8 heteroatoms. The van der Waals surface area contributed by atoms with Crippen LogP contribution in [-0.2, 0) is 20.9 Å². The molecule has 7 nitrogen and oxygen atoms in total. The van der Waals surface area contributed by atoms with Crippen LogP contribution in [0.15, 0.2) is 41.2 Å². The van der Waals surface area contributed by atoms with Crippen molar-refractivity contribution in [2.45, 2.75) is 32.9 Å². The van der Waals surface area contributed by atoms with Crippen LogP contribution in [0.1, 0.15) is 20.3 Å². The van der Waals surface area contributed by atoms with Gasteiger partial charge in [-0.05, 0) is 30.5 Å². The molecule has 1 atom stereocenters. The molecule has 27 heavy (non-hydrogen) atoms. The first-order valence-electron chi connectivity index (χ1n) is 8.52. The van der Waals surface area contributed by atoms with Crippen molar-refractivity contribution in [1.82, 2.24) is 15.1 Å². The molecular formula is C19H22FN3O4. The van der Waals surface area contributed by atoms with Gasteiger partial charge in [-0.1, -0.05) is 26.0 Å². The number of ether oxygens (including phenoxy) is 1. The van der Waals surface area contributed by atoms with E-state index in [1.807, 2.05) is 13.8 Å². The number of carbonyl (C=O) groups excluding carboxylic acids is 2. The predicted octanol–water partition coefficient (Wildman–Crippen LogP) is 1.75. The van der Waals surface area contributed by atoms with E-state index in [-0.39, 0.29) is 17.2 Å². The van der Waals surface area contributed by atoms with Gasteiger partial charge >= 0.3 is 5.97 Å². The highest BCUT2D eigenvalue weighted by Gasteiger charge is 2.23. The SMILES string of the molecule is COC(=O)[C@H](CC(C)C)NC(=O)Cn1nc(-c2ccccc2F)ccc1=O. The Morgan fingerprint density at radius 2 is 1.93 bits per heavy atom. The molecule has 0 aliphatic rings. The standard InChI is InChI=1S/C19H22FN3O4/c1-12(2)10-16(19(26)27-3)21-17(24)11-23-18(25)9-8-15(22-23)13-6-4-5-7-14(13)20/h4-9,12,16H,10-11H2,1-3H3,(H,21,24)/t16-/m0/s1. The van der Waals surface area contributed by atoms with Crippen LogP contribution >= 0.6 is 0 Å². The van der Waals surface area contributed by atoms with Crippen molar-refractivity contribution in [1.29, 1.82) is 0 Å².